The number of methoxy groups -OCH3 is 2. The van der Waals surface area contributed by atoms with Gasteiger partial charge in [-0.05, 0) is 42.8 Å². The molecule has 0 heterocycles. The molecule has 31 heavy (non-hydrogen) atoms. The first-order valence-electron chi connectivity index (χ1n) is 9.14. The Balaban J connectivity index is 2.26. The highest BCUT2D eigenvalue weighted by molar-refractivity contribution is 7.89. The van der Waals surface area contributed by atoms with Gasteiger partial charge in [-0.25, -0.2) is 13.1 Å². The summed E-state index contributed by atoms with van der Waals surface area (Å²) in [6, 6.07) is 7.69. The van der Waals surface area contributed by atoms with Crippen LogP contribution in [0.4, 0.5) is 13.2 Å². The minimum Gasteiger partial charge on any atom is -0.495 e. The highest BCUT2D eigenvalue weighted by Crippen LogP contribution is 2.31. The summed E-state index contributed by atoms with van der Waals surface area (Å²) < 4.78 is 76.1. The minimum atomic E-state index is -4.51. The average Bonchev–Trinajstić information content (AvgIpc) is 2.72. The third-order valence-corrected chi connectivity index (χ3v) is 5.86. The van der Waals surface area contributed by atoms with E-state index in [9.17, 15) is 26.4 Å². The topological polar surface area (TPSA) is 93.7 Å². The van der Waals surface area contributed by atoms with Crippen LogP contribution in [0.1, 0.15) is 34.5 Å². The molecule has 0 bridgehead atoms. The van der Waals surface area contributed by atoms with Crippen LogP contribution in [0.3, 0.4) is 0 Å². The van der Waals surface area contributed by atoms with Crippen molar-refractivity contribution in [1.29, 1.82) is 0 Å². The molecule has 2 N–H and O–H groups in total. The van der Waals surface area contributed by atoms with E-state index in [0.29, 0.717) is 0 Å². The van der Waals surface area contributed by atoms with Crippen molar-refractivity contribution in [3.63, 3.8) is 0 Å². The quantitative estimate of drug-likeness (QED) is 0.561. The minimum absolute atomic E-state index is 0.00624. The molecule has 1 unspecified atom stereocenters. The molecule has 0 fully saturated rings. The molecule has 0 aromatic heterocycles. The maximum absolute atomic E-state index is 12.9. The Hall–Kier alpha value is -2.63. The van der Waals surface area contributed by atoms with Crippen LogP contribution < -0.4 is 14.8 Å². The van der Waals surface area contributed by atoms with Crippen LogP contribution in [0.25, 0.3) is 0 Å². The Kier molecular flexibility index (Phi) is 8.04. The summed E-state index contributed by atoms with van der Waals surface area (Å²) >= 11 is 0. The predicted octanol–water partition coefficient (Wildman–Crippen LogP) is 3.13. The van der Waals surface area contributed by atoms with Crippen molar-refractivity contribution in [1.82, 2.24) is 10.0 Å². The zero-order valence-corrected chi connectivity index (χ0v) is 17.9. The third-order valence-electron chi connectivity index (χ3n) is 4.38. The third kappa shape index (κ3) is 6.42. The van der Waals surface area contributed by atoms with E-state index in [1.165, 1.54) is 45.4 Å². The van der Waals surface area contributed by atoms with E-state index in [-0.39, 0.29) is 34.9 Å². The normalized spacial score (nSPS) is 13.0. The summed E-state index contributed by atoms with van der Waals surface area (Å²) in [5.41, 5.74) is -0.566. The Morgan fingerprint density at radius 2 is 1.84 bits per heavy atom. The van der Waals surface area contributed by atoms with Crippen LogP contribution in [-0.2, 0) is 20.9 Å². The molecule has 7 nitrogen and oxygen atoms in total. The van der Waals surface area contributed by atoms with E-state index in [2.05, 4.69) is 10.0 Å². The molecule has 11 heteroatoms. The van der Waals surface area contributed by atoms with Crippen LogP contribution in [0.15, 0.2) is 47.4 Å². The van der Waals surface area contributed by atoms with Crippen molar-refractivity contribution < 1.29 is 35.9 Å². The monoisotopic (exact) mass is 460 g/mol. The first-order valence-corrected chi connectivity index (χ1v) is 10.6. The van der Waals surface area contributed by atoms with Gasteiger partial charge in [-0.15, -0.1) is 0 Å². The van der Waals surface area contributed by atoms with Gasteiger partial charge in [0.05, 0.1) is 25.3 Å². The van der Waals surface area contributed by atoms with Gasteiger partial charge in [0.2, 0.25) is 10.0 Å². The Bertz CT molecular complexity index is 1030. The maximum atomic E-state index is 12.9. The summed E-state index contributed by atoms with van der Waals surface area (Å²) in [6.45, 7) is 1.70. The maximum Gasteiger partial charge on any atom is 0.416 e. The van der Waals surface area contributed by atoms with Crippen molar-refractivity contribution in [3.8, 4) is 5.75 Å². The van der Waals surface area contributed by atoms with Crippen LogP contribution in [-0.4, -0.2) is 41.7 Å². The van der Waals surface area contributed by atoms with Gasteiger partial charge in [0, 0.05) is 19.2 Å². The number of amides is 1. The van der Waals surface area contributed by atoms with E-state index < -0.39 is 33.7 Å². The molecule has 0 aliphatic heterocycles. The molecule has 2 rings (SSSR count). The smallest absolute Gasteiger partial charge is 0.416 e. The second-order valence-electron chi connectivity index (χ2n) is 6.57. The number of benzene rings is 2. The van der Waals surface area contributed by atoms with Gasteiger partial charge in [0.1, 0.15) is 10.6 Å². The Morgan fingerprint density at radius 3 is 2.45 bits per heavy atom. The molecular weight excluding hydrogens is 437 g/mol. The van der Waals surface area contributed by atoms with Crippen LogP contribution in [0, 0.1) is 0 Å². The van der Waals surface area contributed by atoms with E-state index in [4.69, 9.17) is 9.47 Å². The number of carbonyl (C=O) groups is 1. The lowest BCUT2D eigenvalue weighted by molar-refractivity contribution is -0.137. The number of alkyl halides is 3. The number of nitrogens with one attached hydrogen (secondary N) is 2. The number of hydrogen-bond donors (Lipinski definition) is 2. The zero-order chi connectivity index (χ0) is 23.2. The lowest BCUT2D eigenvalue weighted by Crippen LogP contribution is -2.29. The van der Waals surface area contributed by atoms with Gasteiger partial charge < -0.3 is 14.8 Å². The van der Waals surface area contributed by atoms with Crippen LogP contribution in [0.5, 0.6) is 5.75 Å². The highest BCUT2D eigenvalue weighted by atomic mass is 32.2. The van der Waals surface area contributed by atoms with E-state index in [1.807, 2.05) is 0 Å². The van der Waals surface area contributed by atoms with Crippen LogP contribution >= 0.6 is 0 Å². The molecule has 0 saturated carbocycles. The number of ether oxygens (including phenoxy) is 2. The van der Waals surface area contributed by atoms with Gasteiger partial charge in [0.15, 0.2) is 0 Å². The Morgan fingerprint density at radius 1 is 1.13 bits per heavy atom. The number of sulfonamides is 1. The standard InChI is InChI=1S/C20H23F3N2O5S/c1-13(14-5-4-6-16(11-14)20(21,22)23)25-19(26)15-7-8-17(30-3)18(12-15)31(27,28)24-9-10-29-2/h4-8,11-13,24H,9-10H2,1-3H3,(H,25,26). The first-order chi connectivity index (χ1) is 14.5. The molecule has 0 spiro atoms. The lowest BCUT2D eigenvalue weighted by atomic mass is 10.0. The molecule has 1 amide bonds. The molecule has 2 aromatic carbocycles. The van der Waals surface area contributed by atoms with E-state index in [0.717, 1.165) is 18.2 Å². The number of hydrogen-bond acceptors (Lipinski definition) is 5. The molecule has 0 saturated heterocycles. The fourth-order valence-electron chi connectivity index (χ4n) is 2.73. The largest absolute Gasteiger partial charge is 0.495 e. The van der Waals surface area contributed by atoms with Gasteiger partial charge in [0.25, 0.3) is 5.91 Å². The summed E-state index contributed by atoms with van der Waals surface area (Å²) in [4.78, 5) is 12.4. The van der Waals surface area contributed by atoms with Crippen molar-refractivity contribution in [2.45, 2.75) is 24.0 Å². The highest BCUT2D eigenvalue weighted by Gasteiger charge is 2.31. The van der Waals surface area contributed by atoms with Gasteiger partial charge >= 0.3 is 6.18 Å². The number of carbonyl (C=O) groups excluding carboxylic acids is 1. The lowest BCUT2D eigenvalue weighted by Gasteiger charge is -2.17. The molecule has 0 aliphatic carbocycles. The predicted molar refractivity (Wildman–Crippen MR) is 107 cm³/mol. The Labute approximate surface area is 178 Å². The molecule has 2 aromatic rings. The first kappa shape index (κ1) is 24.6. The molecule has 170 valence electrons. The van der Waals surface area contributed by atoms with Crippen molar-refractivity contribution in [3.05, 3.63) is 59.2 Å². The summed E-state index contributed by atoms with van der Waals surface area (Å²) in [7, 11) is -1.28. The fourth-order valence-corrected chi connectivity index (χ4v) is 3.94. The second-order valence-corrected chi connectivity index (χ2v) is 8.31. The van der Waals surface area contributed by atoms with Gasteiger partial charge in [-0.3, -0.25) is 4.79 Å². The fraction of sp³-hybridized carbons (Fsp3) is 0.350. The molecular formula is C20H23F3N2O5S. The summed E-state index contributed by atoms with van der Waals surface area (Å²) in [5.74, 6) is -0.617. The average molecular weight is 460 g/mol. The summed E-state index contributed by atoms with van der Waals surface area (Å²) in [6.07, 6.45) is -4.51. The van der Waals surface area contributed by atoms with Gasteiger partial charge in [-0.2, -0.15) is 13.2 Å². The van der Waals surface area contributed by atoms with Crippen molar-refractivity contribution in [2.24, 2.45) is 0 Å². The van der Waals surface area contributed by atoms with E-state index >= 15 is 0 Å². The van der Waals surface area contributed by atoms with Gasteiger partial charge in [-0.1, -0.05) is 12.1 Å². The number of rotatable bonds is 9. The van der Waals surface area contributed by atoms with Crippen LogP contribution in [0.2, 0.25) is 0 Å². The number of halogens is 3. The molecule has 1 atom stereocenters. The second kappa shape index (κ2) is 10.1. The van der Waals surface area contributed by atoms with Crippen molar-refractivity contribution in [2.75, 3.05) is 27.4 Å². The van der Waals surface area contributed by atoms with E-state index in [1.54, 1.807) is 0 Å². The van der Waals surface area contributed by atoms with Crippen molar-refractivity contribution >= 4 is 15.9 Å². The zero-order valence-electron chi connectivity index (χ0n) is 17.1. The summed E-state index contributed by atoms with van der Waals surface area (Å²) in [5, 5.41) is 2.58. The SMILES string of the molecule is COCCNS(=O)(=O)c1cc(C(=O)NC(C)c2cccc(C(F)(F)F)c2)ccc1OC. The molecule has 0 radical (unpaired) electrons. The molecule has 0 aliphatic rings.